The van der Waals surface area contributed by atoms with Crippen LogP contribution in [-0.2, 0) is 0 Å². The zero-order chi connectivity index (χ0) is 15.4. The number of nitrogens with zero attached hydrogens (tertiary/aromatic N) is 2. The molecule has 1 atom stereocenters. The van der Waals surface area contributed by atoms with Gasteiger partial charge in [-0.05, 0) is 25.0 Å². The third-order valence-electron chi connectivity index (χ3n) is 3.85. The lowest BCUT2D eigenvalue weighted by Gasteiger charge is -2.30. The Morgan fingerprint density at radius 2 is 2.19 bits per heavy atom. The fourth-order valence-corrected chi connectivity index (χ4v) is 2.75. The minimum atomic E-state index is -0.624. The Balaban J connectivity index is 2.49. The molecular formula is C14H19N3O4. The molecule has 114 valence electrons. The van der Waals surface area contributed by atoms with Crippen molar-refractivity contribution in [1.82, 2.24) is 0 Å². The number of amides is 1. The molecule has 1 heterocycles. The number of nitrogens with two attached hydrogens (primary N) is 1. The summed E-state index contributed by atoms with van der Waals surface area (Å²) < 4.78 is 0. The van der Waals surface area contributed by atoms with Gasteiger partial charge in [0.25, 0.3) is 5.69 Å². The van der Waals surface area contributed by atoms with E-state index in [9.17, 15) is 20.0 Å². The zero-order valence-electron chi connectivity index (χ0n) is 11.7. The molecule has 1 aliphatic heterocycles. The number of hydrogen-bond acceptors (Lipinski definition) is 5. The van der Waals surface area contributed by atoms with Crippen molar-refractivity contribution < 1.29 is 14.8 Å². The van der Waals surface area contributed by atoms with Gasteiger partial charge in [-0.25, -0.2) is 0 Å². The van der Waals surface area contributed by atoms with Crippen molar-refractivity contribution in [3.05, 3.63) is 33.9 Å². The van der Waals surface area contributed by atoms with Gasteiger partial charge in [0.05, 0.1) is 17.6 Å². The van der Waals surface area contributed by atoms with E-state index >= 15 is 0 Å². The van der Waals surface area contributed by atoms with Crippen LogP contribution in [0.5, 0.6) is 0 Å². The van der Waals surface area contributed by atoms with Gasteiger partial charge in [0.15, 0.2) is 0 Å². The van der Waals surface area contributed by atoms with Gasteiger partial charge in [0.2, 0.25) is 5.91 Å². The van der Waals surface area contributed by atoms with Gasteiger partial charge in [-0.2, -0.15) is 0 Å². The topological polar surface area (TPSA) is 110 Å². The van der Waals surface area contributed by atoms with E-state index in [1.807, 2.05) is 4.90 Å². The third kappa shape index (κ3) is 3.30. The Morgan fingerprint density at radius 3 is 2.81 bits per heavy atom. The summed E-state index contributed by atoms with van der Waals surface area (Å²) in [6, 6.07) is 3.94. The average molecular weight is 293 g/mol. The molecular weight excluding hydrogens is 274 g/mol. The van der Waals surface area contributed by atoms with Gasteiger partial charge in [-0.3, -0.25) is 14.9 Å². The number of hydrogen-bond donors (Lipinski definition) is 2. The fraction of sp³-hybridized carbons (Fsp3) is 0.500. The highest BCUT2D eigenvalue weighted by Crippen LogP contribution is 2.33. The summed E-state index contributed by atoms with van der Waals surface area (Å²) >= 11 is 0. The Hall–Kier alpha value is -2.15. The highest BCUT2D eigenvalue weighted by Gasteiger charge is 2.27. The maximum Gasteiger partial charge on any atom is 0.292 e. The summed E-state index contributed by atoms with van der Waals surface area (Å²) in [5.74, 6) is -0.624. The van der Waals surface area contributed by atoms with Crippen molar-refractivity contribution in [3.63, 3.8) is 0 Å². The first-order valence-electron chi connectivity index (χ1n) is 7.00. The van der Waals surface area contributed by atoms with Crippen LogP contribution >= 0.6 is 0 Å². The molecule has 1 aromatic rings. The number of carbonyl (C=O) groups excluding carboxylic acids is 1. The van der Waals surface area contributed by atoms with E-state index in [0.717, 1.165) is 25.7 Å². The van der Waals surface area contributed by atoms with Gasteiger partial charge < -0.3 is 15.7 Å². The lowest BCUT2D eigenvalue weighted by Crippen LogP contribution is -2.38. The van der Waals surface area contributed by atoms with E-state index in [1.165, 1.54) is 18.2 Å². The Bertz CT molecular complexity index is 547. The molecule has 0 aromatic heterocycles. The molecule has 1 saturated heterocycles. The van der Waals surface area contributed by atoms with Crippen LogP contribution in [-0.4, -0.2) is 35.1 Å². The fourth-order valence-electron chi connectivity index (χ4n) is 2.75. The largest absolute Gasteiger partial charge is 0.394 e. The number of rotatable bonds is 4. The molecule has 0 aliphatic carbocycles. The van der Waals surface area contributed by atoms with E-state index in [0.29, 0.717) is 12.2 Å². The number of nitro groups is 1. The molecule has 7 heteroatoms. The number of anilines is 1. The second kappa shape index (κ2) is 6.53. The van der Waals surface area contributed by atoms with Crippen molar-refractivity contribution in [3.8, 4) is 0 Å². The molecule has 7 nitrogen and oxygen atoms in total. The first-order chi connectivity index (χ1) is 10.0. The molecule has 1 amide bonds. The standard InChI is InChI=1S/C14H19N3O4/c15-14(19)10-5-6-12(17(20)21)13(8-10)16-7-3-1-2-4-11(16)9-18/h5-6,8,11,18H,1-4,7,9H2,(H2,15,19). The number of primary amides is 1. The molecule has 0 bridgehead atoms. The monoisotopic (exact) mass is 293 g/mol. The number of aliphatic hydroxyl groups excluding tert-OH is 1. The van der Waals surface area contributed by atoms with Crippen LogP contribution in [0.3, 0.4) is 0 Å². The second-order valence-electron chi connectivity index (χ2n) is 5.20. The lowest BCUT2D eigenvalue weighted by atomic mass is 10.1. The third-order valence-corrected chi connectivity index (χ3v) is 3.85. The van der Waals surface area contributed by atoms with E-state index in [2.05, 4.69) is 0 Å². The van der Waals surface area contributed by atoms with Gasteiger partial charge in [0, 0.05) is 18.2 Å². The van der Waals surface area contributed by atoms with Crippen LogP contribution in [0.4, 0.5) is 11.4 Å². The van der Waals surface area contributed by atoms with Gasteiger partial charge in [-0.15, -0.1) is 0 Å². The second-order valence-corrected chi connectivity index (χ2v) is 5.20. The number of benzene rings is 1. The van der Waals surface area contributed by atoms with Crippen molar-refractivity contribution in [2.45, 2.75) is 31.7 Å². The van der Waals surface area contributed by atoms with Crippen LogP contribution in [0.25, 0.3) is 0 Å². The minimum absolute atomic E-state index is 0.0691. The molecule has 1 unspecified atom stereocenters. The minimum Gasteiger partial charge on any atom is -0.394 e. The zero-order valence-corrected chi connectivity index (χ0v) is 11.7. The summed E-state index contributed by atoms with van der Waals surface area (Å²) in [6.45, 7) is 0.548. The first-order valence-corrected chi connectivity index (χ1v) is 7.00. The van der Waals surface area contributed by atoms with Crippen LogP contribution in [0.1, 0.15) is 36.0 Å². The maximum absolute atomic E-state index is 11.3. The first kappa shape index (κ1) is 15.2. The van der Waals surface area contributed by atoms with E-state index in [1.54, 1.807) is 0 Å². The van der Waals surface area contributed by atoms with Crippen molar-refractivity contribution in [2.24, 2.45) is 5.73 Å². The highest BCUT2D eigenvalue weighted by molar-refractivity contribution is 5.94. The summed E-state index contributed by atoms with van der Waals surface area (Å²) in [5, 5.41) is 20.8. The van der Waals surface area contributed by atoms with Crippen LogP contribution in [0.15, 0.2) is 18.2 Å². The van der Waals surface area contributed by atoms with E-state index < -0.39 is 10.8 Å². The Kier molecular flexibility index (Phi) is 4.74. The SMILES string of the molecule is NC(=O)c1ccc([N+](=O)[O-])c(N2CCCCCC2CO)c1. The number of aliphatic hydroxyl groups is 1. The average Bonchev–Trinajstić information content (AvgIpc) is 2.71. The summed E-state index contributed by atoms with van der Waals surface area (Å²) in [4.78, 5) is 23.9. The van der Waals surface area contributed by atoms with Crippen LogP contribution in [0, 0.1) is 10.1 Å². The van der Waals surface area contributed by atoms with Gasteiger partial charge >= 0.3 is 0 Å². The summed E-state index contributed by atoms with van der Waals surface area (Å²) in [7, 11) is 0. The summed E-state index contributed by atoms with van der Waals surface area (Å²) in [6.07, 6.45) is 3.67. The molecule has 0 saturated carbocycles. The number of nitro benzene ring substituents is 1. The van der Waals surface area contributed by atoms with Crippen molar-refractivity contribution >= 4 is 17.3 Å². The predicted molar refractivity (Wildman–Crippen MR) is 78.3 cm³/mol. The van der Waals surface area contributed by atoms with Gasteiger partial charge in [-0.1, -0.05) is 12.8 Å². The van der Waals surface area contributed by atoms with Gasteiger partial charge in [0.1, 0.15) is 5.69 Å². The molecule has 3 N–H and O–H groups in total. The quantitative estimate of drug-likeness (QED) is 0.644. The molecule has 1 aliphatic rings. The predicted octanol–water partition coefficient (Wildman–Crippen LogP) is 1.43. The normalized spacial score (nSPS) is 19.1. The molecule has 21 heavy (non-hydrogen) atoms. The van der Waals surface area contributed by atoms with E-state index in [4.69, 9.17) is 5.73 Å². The summed E-state index contributed by atoms with van der Waals surface area (Å²) in [5.41, 5.74) is 5.78. The lowest BCUT2D eigenvalue weighted by molar-refractivity contribution is -0.384. The van der Waals surface area contributed by atoms with Crippen LogP contribution < -0.4 is 10.6 Å². The smallest absolute Gasteiger partial charge is 0.292 e. The molecule has 1 aromatic carbocycles. The maximum atomic E-state index is 11.3. The number of carbonyl (C=O) groups is 1. The van der Waals surface area contributed by atoms with E-state index in [-0.39, 0.29) is 23.9 Å². The molecule has 0 radical (unpaired) electrons. The molecule has 2 rings (SSSR count). The van der Waals surface area contributed by atoms with Crippen molar-refractivity contribution in [1.29, 1.82) is 0 Å². The highest BCUT2D eigenvalue weighted by atomic mass is 16.6. The van der Waals surface area contributed by atoms with Crippen LogP contribution in [0.2, 0.25) is 0 Å². The van der Waals surface area contributed by atoms with Crippen molar-refractivity contribution in [2.75, 3.05) is 18.1 Å². The Labute approximate surface area is 122 Å². The Morgan fingerprint density at radius 1 is 1.43 bits per heavy atom. The molecule has 0 spiro atoms. The molecule has 1 fully saturated rings.